The molecule has 1 saturated carbocycles. The van der Waals surface area contributed by atoms with Crippen molar-refractivity contribution in [3.05, 3.63) is 0 Å². The second-order valence-corrected chi connectivity index (χ2v) is 4.78. The molecular weight excluding hydrogens is 204 g/mol. The molecule has 0 radical (unpaired) electrons. The Bertz CT molecular complexity index is 237. The van der Waals surface area contributed by atoms with E-state index in [2.05, 4.69) is 0 Å². The molecule has 0 aromatic heterocycles. The van der Waals surface area contributed by atoms with Crippen molar-refractivity contribution in [3.63, 3.8) is 0 Å². The molecule has 0 heterocycles. The summed E-state index contributed by atoms with van der Waals surface area (Å²) in [6, 6.07) is 0. The van der Waals surface area contributed by atoms with Crippen molar-refractivity contribution in [2.75, 3.05) is 6.61 Å². The van der Waals surface area contributed by atoms with E-state index >= 15 is 0 Å². The van der Waals surface area contributed by atoms with E-state index in [1.165, 1.54) is 0 Å². The highest BCUT2D eigenvalue weighted by Crippen LogP contribution is 2.28. The Morgan fingerprint density at radius 1 is 1.44 bits per heavy atom. The van der Waals surface area contributed by atoms with Gasteiger partial charge >= 0.3 is 5.97 Å². The maximum Gasteiger partial charge on any atom is 0.308 e. The first-order valence-corrected chi connectivity index (χ1v) is 6.31. The molecule has 92 valence electrons. The average molecular weight is 226 g/mol. The molecule has 16 heavy (non-hydrogen) atoms. The lowest BCUT2D eigenvalue weighted by atomic mass is 9.80. The van der Waals surface area contributed by atoms with Crippen molar-refractivity contribution in [2.24, 2.45) is 17.8 Å². The fourth-order valence-corrected chi connectivity index (χ4v) is 2.12. The SMILES string of the molecule is CC[C@H](C)C(=O)OC[C@H]1CCCCC1C=O. The van der Waals surface area contributed by atoms with E-state index in [1.807, 2.05) is 13.8 Å². The summed E-state index contributed by atoms with van der Waals surface area (Å²) in [5, 5.41) is 0. The first-order chi connectivity index (χ1) is 7.69. The molecule has 3 heteroatoms. The summed E-state index contributed by atoms with van der Waals surface area (Å²) in [5.41, 5.74) is 0. The van der Waals surface area contributed by atoms with Crippen LogP contribution < -0.4 is 0 Å². The van der Waals surface area contributed by atoms with Crippen LogP contribution in [0.1, 0.15) is 46.0 Å². The smallest absolute Gasteiger partial charge is 0.308 e. The van der Waals surface area contributed by atoms with Crippen molar-refractivity contribution < 1.29 is 14.3 Å². The van der Waals surface area contributed by atoms with Gasteiger partial charge in [0.2, 0.25) is 0 Å². The fraction of sp³-hybridized carbons (Fsp3) is 0.846. The summed E-state index contributed by atoms with van der Waals surface area (Å²) in [6.45, 7) is 4.27. The quantitative estimate of drug-likeness (QED) is 0.534. The van der Waals surface area contributed by atoms with Gasteiger partial charge in [-0.05, 0) is 19.3 Å². The molecule has 0 spiro atoms. The highest BCUT2D eigenvalue weighted by atomic mass is 16.5. The van der Waals surface area contributed by atoms with Crippen molar-refractivity contribution in [2.45, 2.75) is 46.0 Å². The van der Waals surface area contributed by atoms with E-state index < -0.39 is 0 Å². The predicted molar refractivity (Wildman–Crippen MR) is 61.9 cm³/mol. The van der Waals surface area contributed by atoms with Crippen LogP contribution in [0.2, 0.25) is 0 Å². The van der Waals surface area contributed by atoms with Gasteiger partial charge < -0.3 is 9.53 Å². The Morgan fingerprint density at radius 3 is 2.75 bits per heavy atom. The molecule has 0 N–H and O–H groups in total. The molecule has 1 rings (SSSR count). The standard InChI is InChI=1S/C13H22O3/c1-3-10(2)13(15)16-9-12-7-5-4-6-11(12)8-14/h8,10-12H,3-7,9H2,1-2H3/t10-,11?,12+/m0/s1. The predicted octanol–water partition coefficient (Wildman–Crippen LogP) is 2.58. The van der Waals surface area contributed by atoms with Gasteiger partial charge in [-0.15, -0.1) is 0 Å². The minimum absolute atomic E-state index is 0.0294. The molecule has 3 nitrogen and oxygen atoms in total. The normalized spacial score (nSPS) is 27.1. The van der Waals surface area contributed by atoms with Crippen LogP contribution in [-0.2, 0) is 14.3 Å². The van der Waals surface area contributed by atoms with Gasteiger partial charge in [0.15, 0.2) is 0 Å². The third-order valence-corrected chi connectivity index (χ3v) is 3.60. The number of aldehydes is 1. The molecular formula is C13H22O3. The monoisotopic (exact) mass is 226 g/mol. The van der Waals surface area contributed by atoms with E-state index in [-0.39, 0.29) is 23.7 Å². The molecule has 0 aromatic carbocycles. The summed E-state index contributed by atoms with van der Waals surface area (Å²) in [5.74, 6) is 0.189. The maximum atomic E-state index is 11.5. The third kappa shape index (κ3) is 3.62. The van der Waals surface area contributed by atoms with Crippen LogP contribution in [0, 0.1) is 17.8 Å². The van der Waals surface area contributed by atoms with E-state index in [1.54, 1.807) is 0 Å². The fourth-order valence-electron chi connectivity index (χ4n) is 2.12. The second-order valence-electron chi connectivity index (χ2n) is 4.78. The Morgan fingerprint density at radius 2 is 2.12 bits per heavy atom. The summed E-state index contributed by atoms with van der Waals surface area (Å²) >= 11 is 0. The Kier molecular flexibility index (Phi) is 5.50. The van der Waals surface area contributed by atoms with E-state index in [0.717, 1.165) is 38.4 Å². The van der Waals surface area contributed by atoms with Gasteiger partial charge in [-0.1, -0.05) is 26.7 Å². The molecule has 0 aliphatic heterocycles. The zero-order valence-corrected chi connectivity index (χ0v) is 10.3. The second kappa shape index (κ2) is 6.66. The molecule has 1 fully saturated rings. The molecule has 1 aliphatic carbocycles. The number of ether oxygens (including phenoxy) is 1. The van der Waals surface area contributed by atoms with Crippen LogP contribution >= 0.6 is 0 Å². The van der Waals surface area contributed by atoms with Crippen molar-refractivity contribution in [3.8, 4) is 0 Å². The van der Waals surface area contributed by atoms with Crippen molar-refractivity contribution in [1.82, 2.24) is 0 Å². The van der Waals surface area contributed by atoms with Crippen molar-refractivity contribution in [1.29, 1.82) is 0 Å². The van der Waals surface area contributed by atoms with E-state index in [4.69, 9.17) is 4.74 Å². The average Bonchev–Trinajstić information content (AvgIpc) is 2.35. The first kappa shape index (κ1) is 13.2. The van der Waals surface area contributed by atoms with Gasteiger partial charge in [0.25, 0.3) is 0 Å². The zero-order chi connectivity index (χ0) is 12.0. The molecule has 3 atom stereocenters. The summed E-state index contributed by atoms with van der Waals surface area (Å²) in [4.78, 5) is 22.4. The highest BCUT2D eigenvalue weighted by Gasteiger charge is 2.26. The molecule has 0 aromatic rings. The lowest BCUT2D eigenvalue weighted by Crippen LogP contribution is -2.27. The molecule has 0 amide bonds. The minimum atomic E-state index is -0.127. The number of hydrogen-bond acceptors (Lipinski definition) is 3. The van der Waals surface area contributed by atoms with Gasteiger partial charge in [-0.2, -0.15) is 0 Å². The van der Waals surface area contributed by atoms with Gasteiger partial charge in [0, 0.05) is 11.8 Å². The molecule has 0 saturated heterocycles. The largest absolute Gasteiger partial charge is 0.465 e. The van der Waals surface area contributed by atoms with Crippen LogP contribution in [0.15, 0.2) is 0 Å². The molecule has 1 aliphatic rings. The van der Waals surface area contributed by atoms with E-state index in [9.17, 15) is 9.59 Å². The van der Waals surface area contributed by atoms with Gasteiger partial charge in [0.1, 0.15) is 6.29 Å². The Hall–Kier alpha value is -0.860. The Balaban J connectivity index is 2.35. The van der Waals surface area contributed by atoms with Crippen LogP contribution in [0.4, 0.5) is 0 Å². The van der Waals surface area contributed by atoms with Crippen LogP contribution in [-0.4, -0.2) is 18.9 Å². The molecule has 1 unspecified atom stereocenters. The van der Waals surface area contributed by atoms with Crippen LogP contribution in [0.3, 0.4) is 0 Å². The summed E-state index contributed by atoms with van der Waals surface area (Å²) in [6.07, 6.45) is 6.07. The zero-order valence-electron chi connectivity index (χ0n) is 10.3. The number of hydrogen-bond donors (Lipinski definition) is 0. The van der Waals surface area contributed by atoms with Gasteiger partial charge in [0.05, 0.1) is 12.5 Å². The number of carbonyl (C=O) groups is 2. The number of rotatable bonds is 5. The van der Waals surface area contributed by atoms with Crippen LogP contribution in [0.5, 0.6) is 0 Å². The maximum absolute atomic E-state index is 11.5. The topological polar surface area (TPSA) is 43.4 Å². The minimum Gasteiger partial charge on any atom is -0.465 e. The van der Waals surface area contributed by atoms with Gasteiger partial charge in [-0.25, -0.2) is 0 Å². The summed E-state index contributed by atoms with van der Waals surface area (Å²) in [7, 11) is 0. The number of esters is 1. The van der Waals surface area contributed by atoms with Gasteiger partial charge in [-0.3, -0.25) is 4.79 Å². The molecule has 0 bridgehead atoms. The lowest BCUT2D eigenvalue weighted by molar-refractivity contribution is -0.150. The lowest BCUT2D eigenvalue weighted by Gasteiger charge is -2.27. The highest BCUT2D eigenvalue weighted by molar-refractivity contribution is 5.71. The van der Waals surface area contributed by atoms with E-state index in [0.29, 0.717) is 6.61 Å². The summed E-state index contributed by atoms with van der Waals surface area (Å²) < 4.78 is 5.27. The van der Waals surface area contributed by atoms with Crippen molar-refractivity contribution >= 4 is 12.3 Å². The van der Waals surface area contributed by atoms with Crippen LogP contribution in [0.25, 0.3) is 0 Å². The first-order valence-electron chi connectivity index (χ1n) is 6.31. The number of carbonyl (C=O) groups excluding carboxylic acids is 2. The third-order valence-electron chi connectivity index (χ3n) is 3.60. The Labute approximate surface area is 97.5 Å².